The number of carbonyl (C=O) groups excluding carboxylic acids is 1. The van der Waals surface area contributed by atoms with Crippen LogP contribution in [0.1, 0.15) is 30.9 Å². The summed E-state index contributed by atoms with van der Waals surface area (Å²) in [4.78, 5) is 14.3. The Labute approximate surface area is 162 Å². The van der Waals surface area contributed by atoms with Crippen LogP contribution < -0.4 is 4.90 Å². The first kappa shape index (κ1) is 18.8. The van der Waals surface area contributed by atoms with Crippen LogP contribution in [0.5, 0.6) is 0 Å². The maximum Gasteiger partial charge on any atom is 0.417 e. The Morgan fingerprint density at radius 1 is 1.38 bits per heavy atom. The van der Waals surface area contributed by atoms with Crippen LogP contribution in [0.4, 0.5) is 23.2 Å². The third-order valence-electron chi connectivity index (χ3n) is 6.78. The van der Waals surface area contributed by atoms with Crippen molar-refractivity contribution < 1.29 is 36.9 Å². The molecular weight excluding hydrogens is 396 g/mol. The number of halogens is 4. The average Bonchev–Trinajstić information content (AvgIpc) is 3.17. The standard InChI is InChI=1S/C19H16F4N2O4/c1-17-6-12(26)18(29-17)2-3-28-16-14(18)13(17)15(27)25(16)8-4-10(19(21,22)23)9(7-24)11(20)5-8/h4-5,12-14,16,26H,2-3,6H2,1H3/t12-,13+,14-,16-,17+,18-/m0/s1. The molecule has 1 amide bonds. The van der Waals surface area contributed by atoms with Crippen LogP contribution in [0.15, 0.2) is 12.1 Å². The molecule has 0 aliphatic carbocycles. The minimum atomic E-state index is -4.97. The molecular formula is C19H16F4N2O4. The van der Waals surface area contributed by atoms with Crippen molar-refractivity contribution >= 4 is 11.6 Å². The molecule has 1 spiro atoms. The molecule has 6 nitrogen and oxygen atoms in total. The Bertz CT molecular complexity index is 976. The minimum absolute atomic E-state index is 0.135. The fourth-order valence-corrected chi connectivity index (χ4v) is 5.74. The lowest BCUT2D eigenvalue weighted by Gasteiger charge is -2.43. The SMILES string of the molecule is C[C@@]12C[C@H](O)[C@]3(CCO[C@H]4[C@@H]3[C@@H]1C(=O)N4c1cc(F)c(C#N)c(C(F)(F)F)c1)O2. The summed E-state index contributed by atoms with van der Waals surface area (Å²) in [7, 11) is 0. The van der Waals surface area contributed by atoms with Crippen LogP contribution in [0.2, 0.25) is 0 Å². The van der Waals surface area contributed by atoms with E-state index in [4.69, 9.17) is 14.7 Å². The summed E-state index contributed by atoms with van der Waals surface area (Å²) in [5, 5.41) is 19.5. The Morgan fingerprint density at radius 2 is 2.10 bits per heavy atom. The smallest absolute Gasteiger partial charge is 0.390 e. The fraction of sp³-hybridized carbons (Fsp3) is 0.579. The summed E-state index contributed by atoms with van der Waals surface area (Å²) in [6.45, 7) is 1.84. The average molecular weight is 412 g/mol. The molecule has 154 valence electrons. The van der Waals surface area contributed by atoms with Crippen molar-refractivity contribution in [2.24, 2.45) is 11.8 Å². The highest BCUT2D eigenvalue weighted by Crippen LogP contribution is 2.65. The van der Waals surface area contributed by atoms with Crippen LogP contribution in [0.25, 0.3) is 0 Å². The van der Waals surface area contributed by atoms with Crippen LogP contribution >= 0.6 is 0 Å². The monoisotopic (exact) mass is 412 g/mol. The van der Waals surface area contributed by atoms with Crippen LogP contribution in [-0.2, 0) is 20.4 Å². The number of amides is 1. The number of hydrogen-bond acceptors (Lipinski definition) is 5. The van der Waals surface area contributed by atoms with Crippen molar-refractivity contribution in [3.63, 3.8) is 0 Å². The lowest BCUT2D eigenvalue weighted by atomic mass is 9.65. The predicted molar refractivity (Wildman–Crippen MR) is 87.8 cm³/mol. The van der Waals surface area contributed by atoms with Gasteiger partial charge in [0.25, 0.3) is 0 Å². The van der Waals surface area contributed by atoms with Gasteiger partial charge >= 0.3 is 6.18 Å². The molecule has 2 bridgehead atoms. The number of nitrogens with zero attached hydrogens (tertiary/aromatic N) is 2. The van der Waals surface area contributed by atoms with Gasteiger partial charge in [0.2, 0.25) is 5.91 Å². The van der Waals surface area contributed by atoms with E-state index in [1.807, 2.05) is 0 Å². The molecule has 0 aromatic heterocycles. The van der Waals surface area contributed by atoms with E-state index in [0.29, 0.717) is 12.5 Å². The van der Waals surface area contributed by atoms with Gasteiger partial charge in [0.1, 0.15) is 29.3 Å². The Morgan fingerprint density at radius 3 is 2.76 bits per heavy atom. The lowest BCUT2D eigenvalue weighted by Crippen LogP contribution is -2.56. The van der Waals surface area contributed by atoms with Crippen LogP contribution in [0, 0.1) is 29.0 Å². The number of aliphatic hydroxyl groups is 1. The second-order valence-electron chi connectivity index (χ2n) is 8.27. The molecule has 1 aromatic rings. The molecule has 6 atom stereocenters. The number of carbonyl (C=O) groups is 1. The Balaban J connectivity index is 1.65. The molecule has 1 N–H and O–H groups in total. The summed E-state index contributed by atoms with van der Waals surface area (Å²) >= 11 is 0. The summed E-state index contributed by atoms with van der Waals surface area (Å²) in [6, 6.07) is 2.59. The Kier molecular flexibility index (Phi) is 3.55. The van der Waals surface area contributed by atoms with Gasteiger partial charge in [-0.2, -0.15) is 18.4 Å². The topological polar surface area (TPSA) is 82.8 Å². The van der Waals surface area contributed by atoms with E-state index in [1.54, 1.807) is 6.92 Å². The van der Waals surface area contributed by atoms with Gasteiger partial charge in [0, 0.05) is 18.5 Å². The number of alkyl halides is 3. The van der Waals surface area contributed by atoms with Crippen molar-refractivity contribution in [1.29, 1.82) is 5.26 Å². The van der Waals surface area contributed by atoms with E-state index in [1.165, 1.54) is 6.07 Å². The third-order valence-corrected chi connectivity index (χ3v) is 6.78. The van der Waals surface area contributed by atoms with Crippen molar-refractivity contribution in [3.8, 4) is 6.07 Å². The van der Waals surface area contributed by atoms with E-state index >= 15 is 0 Å². The predicted octanol–water partition coefficient (Wildman–Crippen LogP) is 2.33. The highest BCUT2D eigenvalue weighted by Gasteiger charge is 2.78. The molecule has 4 heterocycles. The van der Waals surface area contributed by atoms with Gasteiger partial charge in [-0.15, -0.1) is 0 Å². The Hall–Kier alpha value is -2.22. The number of nitriles is 1. The van der Waals surface area contributed by atoms with E-state index < -0.39 is 64.4 Å². The second-order valence-corrected chi connectivity index (χ2v) is 8.27. The van der Waals surface area contributed by atoms with Crippen molar-refractivity contribution in [2.75, 3.05) is 11.5 Å². The molecule has 0 saturated carbocycles. The maximum absolute atomic E-state index is 14.4. The summed E-state index contributed by atoms with van der Waals surface area (Å²) in [6.07, 6.45) is -6.18. The van der Waals surface area contributed by atoms with Gasteiger partial charge < -0.3 is 14.6 Å². The molecule has 4 fully saturated rings. The van der Waals surface area contributed by atoms with Gasteiger partial charge in [0.05, 0.1) is 35.7 Å². The zero-order chi connectivity index (χ0) is 20.9. The van der Waals surface area contributed by atoms with E-state index in [-0.39, 0.29) is 18.7 Å². The van der Waals surface area contributed by atoms with E-state index in [0.717, 1.165) is 11.0 Å². The first-order valence-electron chi connectivity index (χ1n) is 9.17. The molecule has 4 saturated heterocycles. The fourth-order valence-electron chi connectivity index (χ4n) is 5.74. The molecule has 0 radical (unpaired) electrons. The minimum Gasteiger partial charge on any atom is -0.390 e. The van der Waals surface area contributed by atoms with Gasteiger partial charge in [-0.25, -0.2) is 4.39 Å². The number of hydrogen-bond donors (Lipinski definition) is 1. The largest absolute Gasteiger partial charge is 0.417 e. The maximum atomic E-state index is 14.4. The van der Waals surface area contributed by atoms with Crippen LogP contribution in [0.3, 0.4) is 0 Å². The van der Waals surface area contributed by atoms with Gasteiger partial charge in [-0.05, 0) is 19.1 Å². The third kappa shape index (κ3) is 2.18. The zero-order valence-corrected chi connectivity index (χ0v) is 15.2. The summed E-state index contributed by atoms with van der Waals surface area (Å²) in [5.74, 6) is -3.19. The molecule has 29 heavy (non-hydrogen) atoms. The quantitative estimate of drug-likeness (QED) is 0.716. The van der Waals surface area contributed by atoms with Crippen LogP contribution in [-0.4, -0.2) is 41.2 Å². The van der Waals surface area contributed by atoms with Gasteiger partial charge in [0.15, 0.2) is 0 Å². The van der Waals surface area contributed by atoms with Gasteiger partial charge in [-0.3, -0.25) is 9.69 Å². The number of benzene rings is 1. The molecule has 4 aliphatic rings. The lowest BCUT2D eigenvalue weighted by molar-refractivity contribution is -0.163. The first-order chi connectivity index (χ1) is 13.5. The van der Waals surface area contributed by atoms with Crippen molar-refractivity contribution in [3.05, 3.63) is 29.1 Å². The van der Waals surface area contributed by atoms with E-state index in [9.17, 15) is 27.5 Å². The highest BCUT2D eigenvalue weighted by molar-refractivity contribution is 6.00. The van der Waals surface area contributed by atoms with Crippen molar-refractivity contribution in [2.45, 2.75) is 49.5 Å². The molecule has 4 aliphatic heterocycles. The summed E-state index contributed by atoms with van der Waals surface area (Å²) < 4.78 is 66.4. The number of rotatable bonds is 1. The summed E-state index contributed by atoms with van der Waals surface area (Å²) in [5.41, 5.74) is -4.88. The normalized spacial score (nSPS) is 40.3. The molecule has 1 aromatic carbocycles. The zero-order valence-electron chi connectivity index (χ0n) is 15.2. The molecule has 10 heteroatoms. The number of ether oxygens (including phenoxy) is 2. The highest BCUT2D eigenvalue weighted by atomic mass is 19.4. The first-order valence-corrected chi connectivity index (χ1v) is 9.17. The second kappa shape index (κ2) is 5.47. The number of anilines is 1. The number of aliphatic hydroxyl groups excluding tert-OH is 1. The van der Waals surface area contributed by atoms with E-state index in [2.05, 4.69) is 0 Å². The number of fused-ring (bicyclic) bond motifs is 2. The molecule has 5 rings (SSSR count). The molecule has 0 unspecified atom stereocenters. The van der Waals surface area contributed by atoms with Gasteiger partial charge in [-0.1, -0.05) is 0 Å². The van der Waals surface area contributed by atoms with Crippen molar-refractivity contribution in [1.82, 2.24) is 0 Å².